The number of fused-ring (bicyclic) bond motifs is 3. The summed E-state index contributed by atoms with van der Waals surface area (Å²) >= 11 is 0. The van der Waals surface area contributed by atoms with Crippen molar-refractivity contribution in [2.45, 2.75) is 31.6 Å². The summed E-state index contributed by atoms with van der Waals surface area (Å²) in [7, 11) is 0. The first-order valence-electron chi connectivity index (χ1n) is 6.87. The molecule has 1 saturated carbocycles. The van der Waals surface area contributed by atoms with Gasteiger partial charge in [0.15, 0.2) is 11.5 Å². The second kappa shape index (κ2) is 4.13. The summed E-state index contributed by atoms with van der Waals surface area (Å²) in [5.74, 6) is 0.582. The zero-order valence-corrected chi connectivity index (χ0v) is 10.9. The highest BCUT2D eigenvalue weighted by Crippen LogP contribution is 2.49. The van der Waals surface area contributed by atoms with Crippen molar-refractivity contribution in [1.82, 2.24) is 19.7 Å². The molecule has 2 atom stereocenters. The molecular formula is C14H14N4O2. The third kappa shape index (κ3) is 1.51. The number of nitrogens with zero attached hydrogens (tertiary/aromatic N) is 4. The molecule has 6 heteroatoms. The summed E-state index contributed by atoms with van der Waals surface area (Å²) < 4.78 is 1.67. The predicted molar refractivity (Wildman–Crippen MR) is 69.9 cm³/mol. The Morgan fingerprint density at radius 1 is 1.35 bits per heavy atom. The number of aromatic nitrogens is 4. The van der Waals surface area contributed by atoms with Crippen molar-refractivity contribution in [3.8, 4) is 5.82 Å². The highest BCUT2D eigenvalue weighted by atomic mass is 16.4. The van der Waals surface area contributed by atoms with Crippen molar-refractivity contribution in [1.29, 1.82) is 0 Å². The first kappa shape index (κ1) is 11.6. The van der Waals surface area contributed by atoms with Crippen LogP contribution in [0, 0.1) is 5.92 Å². The van der Waals surface area contributed by atoms with E-state index in [1.807, 2.05) is 0 Å². The normalized spacial score (nSPS) is 23.6. The smallest absolute Gasteiger partial charge is 0.356 e. The third-order valence-corrected chi connectivity index (χ3v) is 4.48. The highest BCUT2D eigenvalue weighted by molar-refractivity contribution is 5.88. The van der Waals surface area contributed by atoms with E-state index in [0.29, 0.717) is 17.7 Å². The molecule has 6 nitrogen and oxygen atoms in total. The molecule has 2 aliphatic rings. The minimum atomic E-state index is -0.948. The average molecular weight is 270 g/mol. The largest absolute Gasteiger partial charge is 0.476 e. The Balaban J connectivity index is 1.91. The molecule has 0 bridgehead atoms. The lowest BCUT2D eigenvalue weighted by Crippen LogP contribution is -2.09. The lowest BCUT2D eigenvalue weighted by molar-refractivity contribution is 0.0688. The molecule has 0 saturated heterocycles. The fraction of sp³-hybridized carbons (Fsp3) is 0.429. The van der Waals surface area contributed by atoms with Crippen molar-refractivity contribution in [2.24, 2.45) is 5.92 Å². The molecule has 2 aromatic rings. The quantitative estimate of drug-likeness (QED) is 0.900. The number of hydrogen-bond donors (Lipinski definition) is 1. The summed E-state index contributed by atoms with van der Waals surface area (Å²) in [5.41, 5.74) is 2.14. The van der Waals surface area contributed by atoms with Gasteiger partial charge in [0, 0.05) is 18.0 Å². The maximum atomic E-state index is 11.5. The van der Waals surface area contributed by atoms with E-state index in [-0.39, 0.29) is 5.69 Å². The fourth-order valence-corrected chi connectivity index (χ4v) is 3.71. The van der Waals surface area contributed by atoms with E-state index in [1.54, 1.807) is 23.3 Å². The number of rotatable bonds is 2. The molecule has 2 aromatic heterocycles. The van der Waals surface area contributed by atoms with E-state index < -0.39 is 5.97 Å². The molecule has 2 aliphatic carbocycles. The Labute approximate surface area is 115 Å². The molecule has 0 amide bonds. The lowest BCUT2D eigenvalue weighted by Gasteiger charge is -2.09. The molecule has 0 aliphatic heterocycles. The van der Waals surface area contributed by atoms with Gasteiger partial charge in [-0.05, 0) is 31.1 Å². The van der Waals surface area contributed by atoms with Crippen LogP contribution in [0.1, 0.15) is 46.9 Å². The van der Waals surface area contributed by atoms with Crippen LogP contribution in [0.5, 0.6) is 0 Å². The maximum absolute atomic E-state index is 11.5. The maximum Gasteiger partial charge on any atom is 0.356 e. The second-order valence-electron chi connectivity index (χ2n) is 5.49. The van der Waals surface area contributed by atoms with Gasteiger partial charge in [-0.3, -0.25) is 4.98 Å². The lowest BCUT2D eigenvalue weighted by atomic mass is 9.95. The highest BCUT2D eigenvalue weighted by Gasteiger charge is 2.42. The summed E-state index contributed by atoms with van der Waals surface area (Å²) in [4.78, 5) is 19.8. The van der Waals surface area contributed by atoms with Crippen LogP contribution in [-0.4, -0.2) is 30.8 Å². The van der Waals surface area contributed by atoms with Gasteiger partial charge in [-0.2, -0.15) is 5.10 Å². The van der Waals surface area contributed by atoms with Crippen molar-refractivity contribution in [2.75, 3.05) is 0 Å². The fourth-order valence-electron chi connectivity index (χ4n) is 3.71. The molecule has 2 unspecified atom stereocenters. The summed E-state index contributed by atoms with van der Waals surface area (Å²) in [5, 5.41) is 13.7. The van der Waals surface area contributed by atoms with Gasteiger partial charge in [0.25, 0.3) is 0 Å². The Morgan fingerprint density at radius 3 is 3.00 bits per heavy atom. The Bertz CT molecular complexity index is 680. The molecule has 102 valence electrons. The van der Waals surface area contributed by atoms with Crippen LogP contribution in [0.25, 0.3) is 5.82 Å². The van der Waals surface area contributed by atoms with Gasteiger partial charge in [-0.15, -0.1) is 0 Å². The summed E-state index contributed by atoms with van der Waals surface area (Å²) in [6.07, 6.45) is 9.15. The predicted octanol–water partition coefficient (Wildman–Crippen LogP) is 1.80. The molecule has 0 spiro atoms. The van der Waals surface area contributed by atoms with Crippen LogP contribution in [0.15, 0.2) is 18.6 Å². The minimum absolute atomic E-state index is 0.194. The monoisotopic (exact) mass is 270 g/mol. The Morgan fingerprint density at radius 2 is 2.25 bits per heavy atom. The number of carbonyl (C=O) groups is 1. The van der Waals surface area contributed by atoms with E-state index >= 15 is 0 Å². The van der Waals surface area contributed by atoms with Crippen molar-refractivity contribution >= 4 is 5.97 Å². The summed E-state index contributed by atoms with van der Waals surface area (Å²) in [6, 6.07) is 0. The van der Waals surface area contributed by atoms with Crippen molar-refractivity contribution in [3.63, 3.8) is 0 Å². The molecule has 0 aromatic carbocycles. The van der Waals surface area contributed by atoms with E-state index in [4.69, 9.17) is 0 Å². The standard InChI is InChI=1S/C14H14N4O2/c19-14(20)13-12-9-3-1-2-8(9)6-10(12)18(17-13)11-7-15-4-5-16-11/h4-5,7-9H,1-3,6H2,(H,19,20). The summed E-state index contributed by atoms with van der Waals surface area (Å²) in [6.45, 7) is 0. The third-order valence-electron chi connectivity index (χ3n) is 4.48. The van der Waals surface area contributed by atoms with Gasteiger partial charge >= 0.3 is 5.97 Å². The van der Waals surface area contributed by atoms with Gasteiger partial charge < -0.3 is 5.11 Å². The van der Waals surface area contributed by atoms with E-state index in [0.717, 1.165) is 24.1 Å². The Hall–Kier alpha value is -2.24. The van der Waals surface area contributed by atoms with Gasteiger partial charge in [-0.25, -0.2) is 14.5 Å². The molecule has 2 heterocycles. The molecule has 1 N–H and O–H groups in total. The average Bonchev–Trinajstić information content (AvgIpc) is 3.09. The minimum Gasteiger partial charge on any atom is -0.476 e. The molecule has 4 rings (SSSR count). The van der Waals surface area contributed by atoms with Gasteiger partial charge in [0.2, 0.25) is 0 Å². The number of hydrogen-bond acceptors (Lipinski definition) is 4. The van der Waals surface area contributed by atoms with Crippen LogP contribution in [-0.2, 0) is 6.42 Å². The van der Waals surface area contributed by atoms with Crippen LogP contribution in [0.2, 0.25) is 0 Å². The SMILES string of the molecule is O=C(O)c1nn(-c2cnccn2)c2c1C1CCCC1C2. The first-order chi connectivity index (χ1) is 9.75. The van der Waals surface area contributed by atoms with Crippen LogP contribution < -0.4 is 0 Å². The van der Waals surface area contributed by atoms with Gasteiger partial charge in [-0.1, -0.05) is 6.42 Å². The van der Waals surface area contributed by atoms with E-state index in [1.165, 1.54) is 12.8 Å². The van der Waals surface area contributed by atoms with Gasteiger partial charge in [0.05, 0.1) is 11.9 Å². The van der Waals surface area contributed by atoms with Crippen LogP contribution in [0.4, 0.5) is 0 Å². The van der Waals surface area contributed by atoms with Crippen LogP contribution in [0.3, 0.4) is 0 Å². The number of aromatic carboxylic acids is 1. The van der Waals surface area contributed by atoms with Crippen LogP contribution >= 0.6 is 0 Å². The number of carboxylic acid groups (broad SMARTS) is 1. The Kier molecular flexibility index (Phi) is 2.39. The number of carboxylic acids is 1. The zero-order valence-electron chi connectivity index (χ0n) is 10.9. The zero-order chi connectivity index (χ0) is 13.7. The molecular weight excluding hydrogens is 256 g/mol. The van der Waals surface area contributed by atoms with E-state index in [9.17, 15) is 9.90 Å². The topological polar surface area (TPSA) is 80.9 Å². The molecule has 0 radical (unpaired) electrons. The molecule has 1 fully saturated rings. The first-order valence-corrected chi connectivity index (χ1v) is 6.87. The van der Waals surface area contributed by atoms with Crippen molar-refractivity contribution < 1.29 is 9.90 Å². The van der Waals surface area contributed by atoms with Gasteiger partial charge in [0.1, 0.15) is 0 Å². The molecule has 20 heavy (non-hydrogen) atoms. The second-order valence-corrected chi connectivity index (χ2v) is 5.49. The van der Waals surface area contributed by atoms with Crippen molar-refractivity contribution in [3.05, 3.63) is 35.5 Å². The van der Waals surface area contributed by atoms with E-state index in [2.05, 4.69) is 15.1 Å².